The van der Waals surface area contributed by atoms with Crippen molar-refractivity contribution in [3.8, 4) is 0 Å². The predicted molar refractivity (Wildman–Crippen MR) is 156 cm³/mol. The van der Waals surface area contributed by atoms with Crippen LogP contribution in [0.2, 0.25) is 0 Å². The largest absolute Gasteiger partial charge is 0.384 e. The van der Waals surface area contributed by atoms with Crippen molar-refractivity contribution in [2.75, 3.05) is 11.5 Å². The lowest BCUT2D eigenvalue weighted by Crippen LogP contribution is -2.19. The third-order valence-electron chi connectivity index (χ3n) is 6.38. The Morgan fingerprint density at radius 2 is 1.63 bits per heavy atom. The number of nitrogens with two attached hydrogens (primary N) is 2. The van der Waals surface area contributed by atoms with Crippen LogP contribution in [-0.4, -0.2) is 30.5 Å². The number of fused-ring (bicyclic) bond motifs is 2. The van der Waals surface area contributed by atoms with E-state index < -0.39 is 5.79 Å². The summed E-state index contributed by atoms with van der Waals surface area (Å²) in [5.74, 6) is -0.913. The molecule has 38 heavy (non-hydrogen) atoms. The van der Waals surface area contributed by atoms with Crippen molar-refractivity contribution < 1.29 is 14.6 Å². The van der Waals surface area contributed by atoms with Crippen LogP contribution in [0.1, 0.15) is 72.8 Å². The number of benzene rings is 1. The van der Waals surface area contributed by atoms with Gasteiger partial charge in [-0.3, -0.25) is 0 Å². The number of hydrogen-bond acceptors (Lipinski definition) is 6. The smallest absolute Gasteiger partial charge is 0.165 e. The molecule has 0 aliphatic heterocycles. The van der Waals surface area contributed by atoms with E-state index in [-0.39, 0.29) is 11.2 Å². The number of nitrogen functional groups attached to an aromatic ring is 2. The van der Waals surface area contributed by atoms with Crippen LogP contribution in [-0.2, 0) is 13.0 Å². The van der Waals surface area contributed by atoms with Gasteiger partial charge in [-0.05, 0) is 74.4 Å². The van der Waals surface area contributed by atoms with Crippen LogP contribution < -0.4 is 11.5 Å². The van der Waals surface area contributed by atoms with Crippen LogP contribution in [0.5, 0.6) is 0 Å². The molecule has 3 aromatic heterocycles. The van der Waals surface area contributed by atoms with Gasteiger partial charge in [0.1, 0.15) is 11.6 Å². The molecule has 0 amide bonds. The lowest BCUT2D eigenvalue weighted by molar-refractivity contribution is -0.127. The number of rotatable bonds is 7. The summed E-state index contributed by atoms with van der Waals surface area (Å²) in [6.45, 7) is 12.1. The summed E-state index contributed by atoms with van der Waals surface area (Å²) < 4.78 is 16.3. The van der Waals surface area contributed by atoms with Gasteiger partial charge in [-0.25, -0.2) is 14.4 Å². The van der Waals surface area contributed by atoms with E-state index in [1.54, 1.807) is 0 Å². The first-order valence-electron chi connectivity index (χ1n) is 13.3. The predicted octanol–water partition coefficient (Wildman–Crippen LogP) is 6.45. The van der Waals surface area contributed by atoms with Gasteiger partial charge in [0.2, 0.25) is 0 Å². The topological polar surface area (TPSA) is 123 Å². The van der Waals surface area contributed by atoms with Crippen molar-refractivity contribution >= 4 is 33.4 Å². The summed E-state index contributed by atoms with van der Waals surface area (Å²) in [4.78, 5) is 8.28. The van der Waals surface area contributed by atoms with E-state index in [9.17, 15) is 4.39 Å². The molecule has 4 rings (SSSR count). The Bertz CT molecular complexity index is 1310. The Labute approximate surface area is 225 Å². The minimum atomic E-state index is -1.50. The molecule has 6 N–H and O–H groups in total. The third kappa shape index (κ3) is 9.26. The maximum atomic E-state index is 14.3. The summed E-state index contributed by atoms with van der Waals surface area (Å²) in [6.07, 6.45) is 8.43. The van der Waals surface area contributed by atoms with E-state index in [2.05, 4.69) is 49.8 Å². The zero-order chi connectivity index (χ0) is 28.5. The molecule has 0 radical (unpaired) electrons. The number of anilines is 2. The summed E-state index contributed by atoms with van der Waals surface area (Å²) in [5.41, 5.74) is 14.6. The standard InChI is InChI=1S/C24H28FN5.C3H8O2.C3H8/c1-3-24(2,10-8-16-4-6-20-17(14-16)5-7-21(26)29-20)11-13-30-12-9-18-22(30)19(25)15-28-23(18)27;1-3(2,4)5;1-3-2/h4-7,9,12,14-15H,3,8,10-11,13H2,1-2H3,(H2,26,29)(H2,27,28);4-5H,1-2H3;3H2,1-2H3/t24-;;/m1../s1. The van der Waals surface area contributed by atoms with Crippen molar-refractivity contribution in [3.63, 3.8) is 0 Å². The Balaban J connectivity index is 0.000000559. The highest BCUT2D eigenvalue weighted by molar-refractivity contribution is 5.89. The van der Waals surface area contributed by atoms with E-state index >= 15 is 0 Å². The molecular formula is C30H44FN5O2. The van der Waals surface area contributed by atoms with Gasteiger partial charge in [0.25, 0.3) is 0 Å². The molecule has 208 valence electrons. The quantitative estimate of drug-likeness (QED) is 0.206. The number of nitrogens with zero attached hydrogens (tertiary/aromatic N) is 3. The second-order valence-electron chi connectivity index (χ2n) is 10.6. The molecule has 0 spiro atoms. The maximum Gasteiger partial charge on any atom is 0.165 e. The van der Waals surface area contributed by atoms with Crippen molar-refractivity contribution in [2.24, 2.45) is 5.41 Å². The van der Waals surface area contributed by atoms with Crippen LogP contribution in [0.3, 0.4) is 0 Å². The first-order chi connectivity index (χ1) is 17.8. The summed E-state index contributed by atoms with van der Waals surface area (Å²) in [7, 11) is 0. The first kappa shape index (κ1) is 31.0. The van der Waals surface area contributed by atoms with Gasteiger partial charge in [-0.15, -0.1) is 0 Å². The van der Waals surface area contributed by atoms with Crippen LogP contribution in [0, 0.1) is 11.2 Å². The van der Waals surface area contributed by atoms with Crippen molar-refractivity contribution in [2.45, 2.75) is 86.0 Å². The SMILES string of the molecule is CC(C)(O)O.CCC.CC[C@](C)(CCc1ccc2nc(N)ccc2c1)CCn1ccc2c(N)ncc(F)c21. The molecule has 0 saturated heterocycles. The van der Waals surface area contributed by atoms with E-state index in [0.717, 1.165) is 43.1 Å². The normalized spacial score (nSPS) is 12.9. The molecule has 4 aromatic rings. The van der Waals surface area contributed by atoms with Gasteiger partial charge in [-0.1, -0.05) is 46.6 Å². The van der Waals surface area contributed by atoms with Gasteiger partial charge in [0.15, 0.2) is 11.6 Å². The van der Waals surface area contributed by atoms with E-state index in [1.165, 1.54) is 32.0 Å². The lowest BCUT2D eigenvalue weighted by Gasteiger charge is -2.29. The van der Waals surface area contributed by atoms with Gasteiger partial charge in [-0.2, -0.15) is 0 Å². The van der Waals surface area contributed by atoms with Crippen LogP contribution >= 0.6 is 0 Å². The summed E-state index contributed by atoms with van der Waals surface area (Å²) >= 11 is 0. The molecule has 0 fully saturated rings. The van der Waals surface area contributed by atoms with Gasteiger partial charge in [0.05, 0.1) is 17.2 Å². The van der Waals surface area contributed by atoms with Gasteiger partial charge < -0.3 is 26.2 Å². The number of aryl methyl sites for hydroxylation is 2. The highest BCUT2D eigenvalue weighted by Crippen LogP contribution is 2.34. The minimum absolute atomic E-state index is 0.153. The minimum Gasteiger partial charge on any atom is -0.384 e. The zero-order valence-electron chi connectivity index (χ0n) is 23.6. The fourth-order valence-electron chi connectivity index (χ4n) is 4.05. The molecule has 8 heteroatoms. The van der Waals surface area contributed by atoms with Crippen molar-refractivity contribution in [3.05, 3.63) is 60.2 Å². The third-order valence-corrected chi connectivity index (χ3v) is 6.38. The summed E-state index contributed by atoms with van der Waals surface area (Å²) in [5, 5.41) is 17.9. The second kappa shape index (κ2) is 13.5. The number of hydrogen-bond donors (Lipinski definition) is 4. The molecule has 0 aliphatic carbocycles. The molecule has 7 nitrogen and oxygen atoms in total. The van der Waals surface area contributed by atoms with Crippen molar-refractivity contribution in [1.29, 1.82) is 0 Å². The molecule has 1 atom stereocenters. The highest BCUT2D eigenvalue weighted by atomic mass is 19.1. The molecule has 0 saturated carbocycles. The lowest BCUT2D eigenvalue weighted by atomic mass is 9.78. The fraction of sp³-hybridized carbons (Fsp3) is 0.467. The van der Waals surface area contributed by atoms with Gasteiger partial charge >= 0.3 is 0 Å². The van der Waals surface area contributed by atoms with Crippen LogP contribution in [0.4, 0.5) is 16.0 Å². The molecule has 0 aliphatic rings. The number of halogens is 1. The molecule has 1 aromatic carbocycles. The van der Waals surface area contributed by atoms with Crippen LogP contribution in [0.25, 0.3) is 21.8 Å². The first-order valence-corrected chi connectivity index (χ1v) is 13.3. The Hall–Kier alpha value is -3.23. The number of aromatic nitrogens is 3. The highest BCUT2D eigenvalue weighted by Gasteiger charge is 2.23. The van der Waals surface area contributed by atoms with Crippen LogP contribution in [0.15, 0.2) is 48.8 Å². The second-order valence-corrected chi connectivity index (χ2v) is 10.6. The number of pyridine rings is 2. The Morgan fingerprint density at radius 3 is 2.26 bits per heavy atom. The summed E-state index contributed by atoms with van der Waals surface area (Å²) in [6, 6.07) is 12.1. The van der Waals surface area contributed by atoms with Gasteiger partial charge in [0, 0.05) is 23.5 Å². The monoisotopic (exact) mass is 525 g/mol. The molecule has 0 unspecified atom stereocenters. The molecular weight excluding hydrogens is 481 g/mol. The van der Waals surface area contributed by atoms with E-state index in [4.69, 9.17) is 21.7 Å². The molecule has 3 heterocycles. The van der Waals surface area contributed by atoms with E-state index in [0.29, 0.717) is 22.5 Å². The zero-order valence-corrected chi connectivity index (χ0v) is 23.6. The average Bonchev–Trinajstić information content (AvgIpc) is 3.29. The Kier molecular flexibility index (Phi) is 11.0. The average molecular weight is 526 g/mol. The number of aliphatic hydroxyl groups is 2. The molecule has 0 bridgehead atoms. The van der Waals surface area contributed by atoms with E-state index in [1.807, 2.05) is 35.0 Å². The van der Waals surface area contributed by atoms with Crippen molar-refractivity contribution in [1.82, 2.24) is 14.5 Å². The maximum absolute atomic E-state index is 14.3. The Morgan fingerprint density at radius 1 is 0.974 bits per heavy atom. The fourth-order valence-corrected chi connectivity index (χ4v) is 4.05.